The van der Waals surface area contributed by atoms with Gasteiger partial charge in [0.05, 0.1) is 5.69 Å². The third-order valence-electron chi connectivity index (χ3n) is 3.57. The highest BCUT2D eigenvalue weighted by Gasteiger charge is 2.24. The van der Waals surface area contributed by atoms with Crippen LogP contribution in [0.5, 0.6) is 0 Å². The quantitative estimate of drug-likeness (QED) is 0.808. The van der Waals surface area contributed by atoms with Gasteiger partial charge in [-0.3, -0.25) is 4.79 Å². The molecule has 1 saturated carbocycles. The second-order valence-electron chi connectivity index (χ2n) is 4.84. The first-order valence-electron chi connectivity index (χ1n) is 6.45. The molecule has 1 fully saturated rings. The van der Waals surface area contributed by atoms with Crippen molar-refractivity contribution >= 4 is 5.78 Å². The Kier molecular flexibility index (Phi) is 2.97. The molecule has 1 heterocycles. The number of aromatic nitrogens is 2. The van der Waals surface area contributed by atoms with E-state index in [-0.39, 0.29) is 0 Å². The SMILES string of the molecule is O=C1CCCC(c2ccnn2-c2ccccc2)C1. The number of rotatable bonds is 2. The van der Waals surface area contributed by atoms with Crippen LogP contribution >= 0.6 is 0 Å². The molecule has 1 unspecified atom stereocenters. The van der Waals surface area contributed by atoms with Gasteiger partial charge in [-0.1, -0.05) is 18.2 Å². The van der Waals surface area contributed by atoms with Crippen LogP contribution in [-0.2, 0) is 4.79 Å². The Morgan fingerprint density at radius 2 is 2.00 bits per heavy atom. The third kappa shape index (κ3) is 2.08. The van der Waals surface area contributed by atoms with Crippen LogP contribution in [0.4, 0.5) is 0 Å². The van der Waals surface area contributed by atoms with Gasteiger partial charge in [0.2, 0.25) is 0 Å². The Balaban J connectivity index is 1.94. The number of ketones is 1. The second kappa shape index (κ2) is 4.77. The summed E-state index contributed by atoms with van der Waals surface area (Å²) in [5.41, 5.74) is 2.23. The number of nitrogens with zero attached hydrogens (tertiary/aromatic N) is 2. The van der Waals surface area contributed by atoms with E-state index in [9.17, 15) is 4.79 Å². The summed E-state index contributed by atoms with van der Waals surface area (Å²) in [4.78, 5) is 11.6. The van der Waals surface area contributed by atoms with Crippen molar-refractivity contribution in [2.24, 2.45) is 0 Å². The second-order valence-corrected chi connectivity index (χ2v) is 4.84. The highest BCUT2D eigenvalue weighted by atomic mass is 16.1. The maximum absolute atomic E-state index is 11.6. The average molecular weight is 240 g/mol. The lowest BCUT2D eigenvalue weighted by Crippen LogP contribution is -2.16. The molecular weight excluding hydrogens is 224 g/mol. The van der Waals surface area contributed by atoms with Crippen LogP contribution < -0.4 is 0 Å². The number of hydrogen-bond acceptors (Lipinski definition) is 2. The fraction of sp³-hybridized carbons (Fsp3) is 0.333. The molecular formula is C15H16N2O. The first-order chi connectivity index (χ1) is 8.84. The minimum absolute atomic E-state index is 0.328. The lowest BCUT2D eigenvalue weighted by atomic mass is 9.86. The fourth-order valence-electron chi connectivity index (χ4n) is 2.68. The normalized spacial score (nSPS) is 20.0. The summed E-state index contributed by atoms with van der Waals surface area (Å²) >= 11 is 0. The zero-order valence-electron chi connectivity index (χ0n) is 10.2. The van der Waals surface area contributed by atoms with Crippen molar-refractivity contribution in [2.45, 2.75) is 31.6 Å². The van der Waals surface area contributed by atoms with Gasteiger partial charge in [-0.05, 0) is 31.0 Å². The summed E-state index contributed by atoms with van der Waals surface area (Å²) in [6.45, 7) is 0. The van der Waals surface area contributed by atoms with Crippen molar-refractivity contribution < 1.29 is 4.79 Å². The van der Waals surface area contributed by atoms with E-state index in [4.69, 9.17) is 0 Å². The van der Waals surface area contributed by atoms with Crippen molar-refractivity contribution in [1.29, 1.82) is 0 Å². The van der Waals surface area contributed by atoms with Crippen molar-refractivity contribution in [3.05, 3.63) is 48.3 Å². The van der Waals surface area contributed by atoms with Gasteiger partial charge in [-0.25, -0.2) is 4.68 Å². The van der Waals surface area contributed by atoms with Crippen LogP contribution in [-0.4, -0.2) is 15.6 Å². The predicted octanol–water partition coefficient (Wildman–Crippen LogP) is 3.10. The first-order valence-corrected chi connectivity index (χ1v) is 6.45. The molecule has 92 valence electrons. The lowest BCUT2D eigenvalue weighted by molar-refractivity contribution is -0.120. The Bertz CT molecular complexity index is 545. The van der Waals surface area contributed by atoms with Crippen molar-refractivity contribution in [3.8, 4) is 5.69 Å². The molecule has 0 spiro atoms. The van der Waals surface area contributed by atoms with E-state index < -0.39 is 0 Å². The van der Waals surface area contributed by atoms with Crippen LogP contribution in [0.1, 0.15) is 37.3 Å². The van der Waals surface area contributed by atoms with Crippen LogP contribution in [0, 0.1) is 0 Å². The minimum atomic E-state index is 0.328. The summed E-state index contributed by atoms with van der Waals surface area (Å²) in [7, 11) is 0. The predicted molar refractivity (Wildman–Crippen MR) is 69.8 cm³/mol. The minimum Gasteiger partial charge on any atom is -0.300 e. The molecule has 0 amide bonds. The number of carbonyl (C=O) groups is 1. The maximum Gasteiger partial charge on any atom is 0.133 e. The number of benzene rings is 1. The summed E-state index contributed by atoms with van der Waals surface area (Å²) < 4.78 is 1.96. The van der Waals surface area contributed by atoms with E-state index >= 15 is 0 Å². The van der Waals surface area contributed by atoms with Crippen LogP contribution in [0.2, 0.25) is 0 Å². The molecule has 3 heteroatoms. The molecule has 0 aliphatic heterocycles. The largest absolute Gasteiger partial charge is 0.300 e. The number of para-hydroxylation sites is 1. The molecule has 1 aromatic heterocycles. The van der Waals surface area contributed by atoms with Crippen molar-refractivity contribution in [3.63, 3.8) is 0 Å². The first kappa shape index (κ1) is 11.2. The molecule has 1 atom stereocenters. The topological polar surface area (TPSA) is 34.9 Å². The Morgan fingerprint density at radius 3 is 2.78 bits per heavy atom. The van der Waals surface area contributed by atoms with Crippen molar-refractivity contribution in [2.75, 3.05) is 0 Å². The van der Waals surface area contributed by atoms with E-state index in [2.05, 4.69) is 5.10 Å². The zero-order chi connectivity index (χ0) is 12.4. The molecule has 3 nitrogen and oxygen atoms in total. The Hall–Kier alpha value is -1.90. The fourth-order valence-corrected chi connectivity index (χ4v) is 2.68. The molecule has 0 N–H and O–H groups in total. The van der Waals surface area contributed by atoms with E-state index in [1.54, 1.807) is 0 Å². The molecule has 0 bridgehead atoms. The van der Waals surface area contributed by atoms with E-state index in [0.29, 0.717) is 18.1 Å². The standard InChI is InChI=1S/C15H16N2O/c18-14-8-4-5-12(11-14)15-9-10-16-17(15)13-6-2-1-3-7-13/h1-3,6-7,9-10,12H,4-5,8,11H2. The molecule has 18 heavy (non-hydrogen) atoms. The molecule has 0 saturated heterocycles. The van der Waals surface area contributed by atoms with Gasteiger partial charge in [0.1, 0.15) is 5.78 Å². The van der Waals surface area contributed by atoms with Gasteiger partial charge < -0.3 is 0 Å². The molecule has 0 radical (unpaired) electrons. The van der Waals surface area contributed by atoms with E-state index in [0.717, 1.165) is 30.6 Å². The van der Waals surface area contributed by atoms with Crippen LogP contribution in [0.25, 0.3) is 5.69 Å². The average Bonchev–Trinajstić information content (AvgIpc) is 2.89. The highest BCUT2D eigenvalue weighted by Crippen LogP contribution is 2.31. The zero-order valence-corrected chi connectivity index (χ0v) is 10.2. The Morgan fingerprint density at radius 1 is 1.17 bits per heavy atom. The van der Waals surface area contributed by atoms with Crippen LogP contribution in [0.3, 0.4) is 0 Å². The highest BCUT2D eigenvalue weighted by molar-refractivity contribution is 5.80. The number of hydrogen-bond donors (Lipinski definition) is 0. The lowest BCUT2D eigenvalue weighted by Gasteiger charge is -2.21. The smallest absolute Gasteiger partial charge is 0.133 e. The maximum atomic E-state index is 11.6. The molecule has 1 aliphatic rings. The van der Waals surface area contributed by atoms with Gasteiger partial charge in [0, 0.05) is 30.7 Å². The number of Topliss-reactive ketones (excluding diaryl/α,β-unsaturated/α-hetero) is 1. The van der Waals surface area contributed by atoms with Crippen molar-refractivity contribution in [1.82, 2.24) is 9.78 Å². The summed E-state index contributed by atoms with van der Waals surface area (Å²) in [5, 5.41) is 4.39. The van der Waals surface area contributed by atoms with Gasteiger partial charge in [0.15, 0.2) is 0 Å². The number of carbonyl (C=O) groups excluding carboxylic acids is 1. The van der Waals surface area contributed by atoms with Gasteiger partial charge in [-0.15, -0.1) is 0 Å². The van der Waals surface area contributed by atoms with Crippen LogP contribution in [0.15, 0.2) is 42.6 Å². The Labute approximate surface area is 106 Å². The van der Waals surface area contributed by atoms with E-state index in [1.165, 1.54) is 0 Å². The molecule has 1 aromatic carbocycles. The third-order valence-corrected chi connectivity index (χ3v) is 3.57. The summed E-state index contributed by atoms with van der Waals surface area (Å²) in [6, 6.07) is 12.1. The summed E-state index contributed by atoms with van der Waals surface area (Å²) in [6.07, 6.45) is 5.32. The van der Waals surface area contributed by atoms with Gasteiger partial charge >= 0.3 is 0 Å². The molecule has 2 aromatic rings. The van der Waals surface area contributed by atoms with E-state index in [1.807, 2.05) is 47.3 Å². The van der Waals surface area contributed by atoms with Gasteiger partial charge in [-0.2, -0.15) is 5.10 Å². The molecule has 1 aliphatic carbocycles. The molecule has 3 rings (SSSR count). The summed E-state index contributed by atoms with van der Waals surface area (Å²) in [5.74, 6) is 0.709. The van der Waals surface area contributed by atoms with Gasteiger partial charge in [0.25, 0.3) is 0 Å². The monoisotopic (exact) mass is 240 g/mol.